The molecule has 0 spiro atoms. The number of aryl methyl sites for hydroxylation is 1. The number of carbonyl (C=O) groups excluding carboxylic acids is 2. The predicted molar refractivity (Wildman–Crippen MR) is 88.6 cm³/mol. The molecule has 0 aliphatic heterocycles. The summed E-state index contributed by atoms with van der Waals surface area (Å²) in [6, 6.07) is 11.3. The van der Waals surface area contributed by atoms with Gasteiger partial charge in [0.05, 0.1) is 6.61 Å². The lowest BCUT2D eigenvalue weighted by atomic mass is 10.1. The highest BCUT2D eigenvalue weighted by atomic mass is 16.6. The van der Waals surface area contributed by atoms with Crippen molar-refractivity contribution in [3.05, 3.63) is 59.5 Å². The lowest BCUT2D eigenvalue weighted by molar-refractivity contribution is -0.154. The third-order valence-electron chi connectivity index (χ3n) is 3.40. The van der Waals surface area contributed by atoms with Crippen molar-refractivity contribution in [1.29, 1.82) is 0 Å². The van der Waals surface area contributed by atoms with Crippen LogP contribution in [0.15, 0.2) is 46.9 Å². The summed E-state index contributed by atoms with van der Waals surface area (Å²) in [6.45, 7) is 3.51. The number of nitrogens with one attached hydrogen (secondary N) is 1. The number of ether oxygens (including phenoxy) is 2. The van der Waals surface area contributed by atoms with Crippen LogP contribution in [0.4, 0.5) is 4.79 Å². The van der Waals surface area contributed by atoms with Crippen LogP contribution in [0.3, 0.4) is 0 Å². The van der Waals surface area contributed by atoms with Gasteiger partial charge < -0.3 is 24.3 Å². The van der Waals surface area contributed by atoms with E-state index in [1.165, 1.54) is 0 Å². The van der Waals surface area contributed by atoms with E-state index in [2.05, 4.69) is 5.32 Å². The van der Waals surface area contributed by atoms with E-state index in [0.29, 0.717) is 5.76 Å². The maximum atomic E-state index is 12.1. The van der Waals surface area contributed by atoms with Crippen molar-refractivity contribution in [3.63, 3.8) is 0 Å². The van der Waals surface area contributed by atoms with Crippen molar-refractivity contribution >= 4 is 12.1 Å². The Kier molecular flexibility index (Phi) is 6.59. The summed E-state index contributed by atoms with van der Waals surface area (Å²) in [7, 11) is 0. The van der Waals surface area contributed by atoms with Crippen molar-refractivity contribution in [2.24, 2.45) is 0 Å². The number of amides is 1. The molecule has 2 N–H and O–H groups in total. The molecule has 0 radical (unpaired) electrons. The number of alkyl carbamates (subject to hydrolysis) is 1. The number of benzene rings is 1. The van der Waals surface area contributed by atoms with Crippen LogP contribution in [0.2, 0.25) is 0 Å². The van der Waals surface area contributed by atoms with Crippen LogP contribution >= 0.6 is 0 Å². The molecule has 0 saturated carbocycles. The molecule has 0 bridgehead atoms. The van der Waals surface area contributed by atoms with E-state index in [4.69, 9.17) is 13.9 Å². The van der Waals surface area contributed by atoms with Gasteiger partial charge in [0.25, 0.3) is 0 Å². The standard InChI is InChI=1S/C18H21NO6/c1-3-23-17(21)16(20)15(14-10-9-12(2)25-14)19-18(22)24-11-13-7-5-4-6-8-13/h4-10,15-16,20H,3,11H2,1-2H3,(H,19,22)/t15-,16+/m0/s1. The highest BCUT2D eigenvalue weighted by Crippen LogP contribution is 2.21. The van der Waals surface area contributed by atoms with Gasteiger partial charge in [0.1, 0.15) is 24.2 Å². The molecule has 1 aromatic heterocycles. The van der Waals surface area contributed by atoms with Crippen molar-refractivity contribution < 1.29 is 28.6 Å². The Morgan fingerprint density at radius 1 is 1.16 bits per heavy atom. The number of esters is 1. The van der Waals surface area contributed by atoms with Crippen molar-refractivity contribution in [2.45, 2.75) is 32.6 Å². The molecule has 1 amide bonds. The highest BCUT2D eigenvalue weighted by Gasteiger charge is 2.33. The summed E-state index contributed by atoms with van der Waals surface area (Å²) in [5, 5.41) is 12.7. The minimum atomic E-state index is -1.62. The van der Waals surface area contributed by atoms with E-state index in [9.17, 15) is 14.7 Å². The number of hydrogen-bond acceptors (Lipinski definition) is 6. The molecule has 7 heteroatoms. The Bertz CT molecular complexity index is 697. The zero-order valence-corrected chi connectivity index (χ0v) is 14.1. The molecular formula is C18H21NO6. The molecule has 2 aromatic rings. The Labute approximate surface area is 145 Å². The molecule has 0 aliphatic rings. The molecule has 25 heavy (non-hydrogen) atoms. The third kappa shape index (κ3) is 5.36. The van der Waals surface area contributed by atoms with Gasteiger partial charge in [-0.2, -0.15) is 0 Å². The normalized spacial score (nSPS) is 12.9. The second kappa shape index (κ2) is 8.89. The van der Waals surface area contributed by atoms with E-state index in [1.807, 2.05) is 30.3 Å². The second-order valence-electron chi connectivity index (χ2n) is 5.33. The van der Waals surface area contributed by atoms with Crippen LogP contribution in [0.5, 0.6) is 0 Å². The fourth-order valence-electron chi connectivity index (χ4n) is 2.18. The molecule has 134 valence electrons. The number of rotatable bonds is 7. The summed E-state index contributed by atoms with van der Waals surface area (Å²) in [5.41, 5.74) is 0.814. The largest absolute Gasteiger partial charge is 0.464 e. The molecule has 0 saturated heterocycles. The van der Waals surface area contributed by atoms with Gasteiger partial charge in [0.15, 0.2) is 6.10 Å². The Morgan fingerprint density at radius 2 is 1.88 bits per heavy atom. The van der Waals surface area contributed by atoms with E-state index in [0.717, 1.165) is 5.56 Å². The van der Waals surface area contributed by atoms with E-state index >= 15 is 0 Å². The lowest BCUT2D eigenvalue weighted by Gasteiger charge is -2.21. The van der Waals surface area contributed by atoms with Gasteiger partial charge in [0, 0.05) is 0 Å². The quantitative estimate of drug-likeness (QED) is 0.747. The molecule has 0 unspecified atom stereocenters. The molecule has 2 rings (SSSR count). The Balaban J connectivity index is 2.04. The number of aliphatic hydroxyl groups excluding tert-OH is 1. The van der Waals surface area contributed by atoms with Gasteiger partial charge in [-0.05, 0) is 31.5 Å². The van der Waals surface area contributed by atoms with Gasteiger partial charge in [-0.1, -0.05) is 30.3 Å². The number of aliphatic hydroxyl groups is 1. The molecule has 0 fully saturated rings. The highest BCUT2D eigenvalue weighted by molar-refractivity contribution is 5.77. The van der Waals surface area contributed by atoms with Crippen LogP contribution in [-0.2, 0) is 20.9 Å². The van der Waals surface area contributed by atoms with Gasteiger partial charge >= 0.3 is 12.1 Å². The minimum absolute atomic E-state index is 0.0616. The third-order valence-corrected chi connectivity index (χ3v) is 3.40. The first-order valence-electron chi connectivity index (χ1n) is 7.89. The monoisotopic (exact) mass is 347 g/mol. The molecule has 2 atom stereocenters. The maximum Gasteiger partial charge on any atom is 0.408 e. The van der Waals surface area contributed by atoms with Crippen LogP contribution in [0, 0.1) is 6.92 Å². The lowest BCUT2D eigenvalue weighted by Crippen LogP contribution is -2.41. The number of furan rings is 1. The summed E-state index contributed by atoms with van der Waals surface area (Å²) in [5.74, 6) is -0.0462. The van der Waals surface area contributed by atoms with Crippen molar-refractivity contribution in [1.82, 2.24) is 5.32 Å². The van der Waals surface area contributed by atoms with Crippen LogP contribution in [-0.4, -0.2) is 29.9 Å². The van der Waals surface area contributed by atoms with Crippen LogP contribution < -0.4 is 5.32 Å². The summed E-state index contributed by atoms with van der Waals surface area (Å²) < 4.78 is 15.3. The van der Waals surface area contributed by atoms with Gasteiger partial charge in [-0.3, -0.25) is 0 Å². The van der Waals surface area contributed by atoms with E-state index < -0.39 is 24.2 Å². The Hall–Kier alpha value is -2.80. The summed E-state index contributed by atoms with van der Waals surface area (Å²) >= 11 is 0. The van der Waals surface area contributed by atoms with Gasteiger partial charge in [0.2, 0.25) is 0 Å². The Morgan fingerprint density at radius 3 is 2.48 bits per heavy atom. The van der Waals surface area contributed by atoms with Gasteiger partial charge in [-0.25, -0.2) is 9.59 Å². The molecule has 1 heterocycles. The first-order chi connectivity index (χ1) is 12.0. The van der Waals surface area contributed by atoms with E-state index in [1.54, 1.807) is 26.0 Å². The van der Waals surface area contributed by atoms with Crippen LogP contribution in [0.25, 0.3) is 0 Å². The first-order valence-corrected chi connectivity index (χ1v) is 7.89. The minimum Gasteiger partial charge on any atom is -0.464 e. The zero-order chi connectivity index (χ0) is 18.2. The molecular weight excluding hydrogens is 326 g/mol. The number of hydrogen-bond donors (Lipinski definition) is 2. The summed E-state index contributed by atoms with van der Waals surface area (Å²) in [4.78, 5) is 23.9. The van der Waals surface area contributed by atoms with Crippen molar-refractivity contribution in [3.8, 4) is 0 Å². The van der Waals surface area contributed by atoms with Crippen molar-refractivity contribution in [2.75, 3.05) is 6.61 Å². The van der Waals surface area contributed by atoms with Gasteiger partial charge in [-0.15, -0.1) is 0 Å². The predicted octanol–water partition coefficient (Wildman–Crippen LogP) is 2.48. The van der Waals surface area contributed by atoms with E-state index in [-0.39, 0.29) is 19.0 Å². The maximum absolute atomic E-state index is 12.1. The molecule has 7 nitrogen and oxygen atoms in total. The fraction of sp³-hybridized carbons (Fsp3) is 0.333. The fourth-order valence-corrected chi connectivity index (χ4v) is 2.18. The second-order valence-corrected chi connectivity index (χ2v) is 5.33. The zero-order valence-electron chi connectivity index (χ0n) is 14.1. The average molecular weight is 347 g/mol. The summed E-state index contributed by atoms with van der Waals surface area (Å²) in [6.07, 6.45) is -2.40. The molecule has 0 aliphatic carbocycles. The average Bonchev–Trinajstić information content (AvgIpc) is 3.04. The SMILES string of the molecule is CCOC(=O)[C@H](O)[C@@H](NC(=O)OCc1ccccc1)c1ccc(C)o1. The smallest absolute Gasteiger partial charge is 0.408 e. The van der Waals surface area contributed by atoms with Crippen LogP contribution in [0.1, 0.15) is 30.0 Å². The molecule has 1 aromatic carbocycles. The number of carbonyl (C=O) groups is 2. The topological polar surface area (TPSA) is 98.0 Å². The first kappa shape index (κ1) is 18.5.